The van der Waals surface area contributed by atoms with Gasteiger partial charge in [0, 0.05) is 20.0 Å². The Balaban J connectivity index is 0.919. The molecule has 31 nitrogen and oxygen atoms in total. The number of imidazole rings is 3. The van der Waals surface area contributed by atoms with E-state index < -0.39 is 96.4 Å². The average molecular weight is 966 g/mol. The van der Waals surface area contributed by atoms with Gasteiger partial charge in [0.05, 0.1) is 44.9 Å². The van der Waals surface area contributed by atoms with Gasteiger partial charge >= 0.3 is 15.6 Å². The zero-order valence-electron chi connectivity index (χ0n) is 34.1. The summed E-state index contributed by atoms with van der Waals surface area (Å²) in [5, 5.41) is 21.8. The van der Waals surface area contributed by atoms with Gasteiger partial charge in [0.15, 0.2) is 53.1 Å². The number of nitrogens with zero attached hydrogens (tertiary/aromatic N) is 12. The van der Waals surface area contributed by atoms with Gasteiger partial charge in [0.25, 0.3) is 6.47 Å². The van der Waals surface area contributed by atoms with Gasteiger partial charge in [0.2, 0.25) is 0 Å². The molecule has 0 aliphatic carbocycles. The number of hydrogen-bond donors (Lipinski definition) is 7. The normalized spacial score (nSPS) is 29.7. The van der Waals surface area contributed by atoms with Crippen molar-refractivity contribution in [3.63, 3.8) is 0 Å². The van der Waals surface area contributed by atoms with E-state index >= 15 is 0 Å². The van der Waals surface area contributed by atoms with Crippen LogP contribution in [0.3, 0.4) is 0 Å². The lowest BCUT2D eigenvalue weighted by Gasteiger charge is -2.26. The minimum absolute atomic E-state index is 0.00514. The predicted octanol–water partition coefficient (Wildman–Crippen LogP) is -1.36. The van der Waals surface area contributed by atoms with Gasteiger partial charge in [-0.05, 0) is 0 Å². The number of phosphoric acid groups is 2. The van der Waals surface area contributed by atoms with E-state index in [1.807, 2.05) is 0 Å². The summed E-state index contributed by atoms with van der Waals surface area (Å²) in [7, 11) is -9.05. The molecule has 13 atom stereocenters. The van der Waals surface area contributed by atoms with E-state index in [0.29, 0.717) is 0 Å². The first kappa shape index (κ1) is 45.6. The Labute approximate surface area is 369 Å². The molecule has 354 valence electrons. The second-order valence-corrected chi connectivity index (χ2v) is 17.8. The fraction of sp³-hybridized carbons (Fsp3) is 0.515. The summed E-state index contributed by atoms with van der Waals surface area (Å²) in [4.78, 5) is 70.0. The molecule has 0 amide bonds. The van der Waals surface area contributed by atoms with E-state index in [2.05, 4.69) is 44.9 Å². The summed E-state index contributed by atoms with van der Waals surface area (Å²) < 4.78 is 82.5. The van der Waals surface area contributed by atoms with Crippen molar-refractivity contribution < 1.29 is 75.7 Å². The van der Waals surface area contributed by atoms with Gasteiger partial charge in [-0.3, -0.25) is 36.6 Å². The quantitative estimate of drug-likeness (QED) is 0.0297. The molecule has 10 N–H and O–H groups in total. The number of phosphoric ester groups is 2. The first-order chi connectivity index (χ1) is 31.7. The molecule has 6 aromatic rings. The third kappa shape index (κ3) is 8.77. The SMILES string of the molecule is COC1C(COP(=O)(O)OC2CC(CCOC=O)OC2n2cnc3c(N)ncnc32)OC(n2cnc3c(N)ncnc32)C1OP(=O)(O)OCC1OC(n2cnc3c(N)ncnc32)C(O)C1O. The number of carbonyl (C=O) groups excluding carboxylic acids is 1. The Hall–Kier alpha value is -5.50. The van der Waals surface area contributed by atoms with Crippen LogP contribution in [0.15, 0.2) is 38.0 Å². The van der Waals surface area contributed by atoms with Gasteiger partial charge in [-0.25, -0.2) is 54.0 Å². The number of methoxy groups -OCH3 is 1. The number of aliphatic hydroxyl groups excluding tert-OH is 2. The predicted molar refractivity (Wildman–Crippen MR) is 216 cm³/mol. The molecule has 66 heavy (non-hydrogen) atoms. The second kappa shape index (κ2) is 18.3. The summed E-state index contributed by atoms with van der Waals surface area (Å²) in [5.41, 5.74) is 19.0. The van der Waals surface area contributed by atoms with Gasteiger partial charge in [-0.1, -0.05) is 0 Å². The zero-order valence-corrected chi connectivity index (χ0v) is 35.9. The van der Waals surface area contributed by atoms with Crippen molar-refractivity contribution in [3.05, 3.63) is 38.0 Å². The van der Waals surface area contributed by atoms with Crippen molar-refractivity contribution in [3.8, 4) is 0 Å². The van der Waals surface area contributed by atoms with Crippen molar-refractivity contribution in [2.45, 2.75) is 80.4 Å². The Morgan fingerprint density at radius 2 is 1.18 bits per heavy atom. The molecule has 6 aromatic heterocycles. The van der Waals surface area contributed by atoms with Crippen LogP contribution in [0.2, 0.25) is 0 Å². The van der Waals surface area contributed by atoms with E-state index in [4.69, 9.17) is 59.0 Å². The number of nitrogens with two attached hydrogens (primary N) is 3. The molecule has 3 aliphatic rings. The first-order valence-corrected chi connectivity index (χ1v) is 22.7. The van der Waals surface area contributed by atoms with E-state index in [1.54, 1.807) is 0 Å². The Kier molecular flexibility index (Phi) is 12.7. The molecule has 33 heteroatoms. The molecule has 0 bridgehead atoms. The highest BCUT2D eigenvalue weighted by atomic mass is 31.2. The van der Waals surface area contributed by atoms with Crippen LogP contribution in [0.5, 0.6) is 0 Å². The summed E-state index contributed by atoms with van der Waals surface area (Å²) in [6.07, 6.45) is -6.89. The standard InChI is InChI=1S/C33H41N15O16P2/c1-56-23-17(6-59-65(52,53)63-15-4-14(2-3-57-13-49)60-31(15)46-10-43-18-25(34)37-7-40-28(18)46)62-33(48-12-45-20-27(36)39-9-42-30(20)48)24(23)64-66(54,55)58-5-16-21(50)22(51)32(61-16)47-11-44-19-26(35)38-8-41-29(19)47/h7-17,21-24,31-33,50-51H,2-6H2,1H3,(H,52,53)(H,54,55)(H2,34,37,40)(H2,35,38,41)(H2,36,39,42). The van der Waals surface area contributed by atoms with Crippen molar-refractivity contribution in [1.29, 1.82) is 0 Å². The molecule has 0 radical (unpaired) electrons. The molecular weight excluding hydrogens is 924 g/mol. The molecule has 0 saturated carbocycles. The summed E-state index contributed by atoms with van der Waals surface area (Å²) in [5.74, 6) is 0.132. The molecule has 0 spiro atoms. The maximum Gasteiger partial charge on any atom is 0.472 e. The maximum atomic E-state index is 13.8. The largest absolute Gasteiger partial charge is 0.472 e. The van der Waals surface area contributed by atoms with Crippen LogP contribution in [0.1, 0.15) is 31.5 Å². The highest BCUT2D eigenvalue weighted by Gasteiger charge is 2.53. The van der Waals surface area contributed by atoms with Crippen LogP contribution < -0.4 is 17.2 Å². The Morgan fingerprint density at radius 1 is 0.682 bits per heavy atom. The third-order valence-electron chi connectivity index (χ3n) is 11.0. The van der Waals surface area contributed by atoms with Crippen molar-refractivity contribution in [2.24, 2.45) is 0 Å². The van der Waals surface area contributed by atoms with Gasteiger partial charge < -0.3 is 60.9 Å². The Bertz CT molecular complexity index is 2820. The second-order valence-electron chi connectivity index (χ2n) is 14.9. The van der Waals surface area contributed by atoms with Crippen LogP contribution >= 0.6 is 15.6 Å². The molecule has 3 saturated heterocycles. The van der Waals surface area contributed by atoms with Gasteiger partial charge in [-0.2, -0.15) is 0 Å². The number of ether oxygens (including phenoxy) is 5. The van der Waals surface area contributed by atoms with Crippen molar-refractivity contribution in [1.82, 2.24) is 58.6 Å². The van der Waals surface area contributed by atoms with Crippen LogP contribution in [0.25, 0.3) is 33.5 Å². The Morgan fingerprint density at radius 3 is 1.73 bits per heavy atom. The molecule has 13 unspecified atom stereocenters. The van der Waals surface area contributed by atoms with Crippen molar-refractivity contribution >= 4 is 73.1 Å². The lowest BCUT2D eigenvalue weighted by molar-refractivity contribution is -0.129. The number of anilines is 3. The van der Waals surface area contributed by atoms with Gasteiger partial charge in [0.1, 0.15) is 78.3 Å². The maximum absolute atomic E-state index is 13.8. The fourth-order valence-corrected chi connectivity index (χ4v) is 9.80. The lowest BCUT2D eigenvalue weighted by atomic mass is 10.1. The first-order valence-electron chi connectivity index (χ1n) is 19.7. The molecule has 9 rings (SSSR count). The van der Waals surface area contributed by atoms with E-state index in [0.717, 1.165) is 6.33 Å². The minimum Gasteiger partial charge on any atom is -0.468 e. The van der Waals surface area contributed by atoms with Gasteiger partial charge in [-0.15, -0.1) is 0 Å². The number of fused-ring (bicyclic) bond motifs is 3. The highest BCUT2D eigenvalue weighted by molar-refractivity contribution is 7.47. The lowest BCUT2D eigenvalue weighted by Crippen LogP contribution is -2.37. The zero-order chi connectivity index (χ0) is 46.5. The van der Waals surface area contributed by atoms with Crippen LogP contribution in [0, 0.1) is 0 Å². The smallest absolute Gasteiger partial charge is 0.468 e. The van der Waals surface area contributed by atoms with E-state index in [9.17, 15) is 33.9 Å². The molecule has 3 aliphatic heterocycles. The number of rotatable bonds is 18. The number of aliphatic hydroxyl groups is 2. The van der Waals surface area contributed by atoms with E-state index in [1.165, 1.54) is 52.4 Å². The van der Waals surface area contributed by atoms with Crippen LogP contribution in [-0.2, 0) is 55.7 Å². The summed E-state index contributed by atoms with van der Waals surface area (Å²) in [6.45, 7) is -1.27. The monoisotopic (exact) mass is 965 g/mol. The van der Waals surface area contributed by atoms with Crippen molar-refractivity contribution in [2.75, 3.05) is 44.1 Å². The third-order valence-corrected chi connectivity index (χ3v) is 13.0. The molecular formula is C33H41N15O16P2. The number of nitrogen functional groups attached to an aromatic ring is 3. The van der Waals surface area contributed by atoms with Crippen LogP contribution in [0.4, 0.5) is 17.5 Å². The molecule has 0 aromatic carbocycles. The topological polar surface area (TPSA) is 424 Å². The minimum atomic E-state index is -5.21. The number of carbonyl (C=O) groups is 1. The average Bonchev–Trinajstić information content (AvgIpc) is 4.15. The van der Waals surface area contributed by atoms with Crippen LogP contribution in [-0.4, -0.2) is 161 Å². The highest BCUT2D eigenvalue weighted by Crippen LogP contribution is 2.53. The summed E-state index contributed by atoms with van der Waals surface area (Å²) in [6, 6.07) is 0. The number of hydrogen-bond acceptors (Lipinski definition) is 26. The summed E-state index contributed by atoms with van der Waals surface area (Å²) >= 11 is 0. The molecule has 9 heterocycles. The number of aromatic nitrogens is 12. The van der Waals surface area contributed by atoms with E-state index in [-0.39, 0.29) is 76.9 Å². The molecule has 3 fully saturated rings. The fourth-order valence-electron chi connectivity index (χ4n) is 7.94.